The lowest BCUT2D eigenvalue weighted by Crippen LogP contribution is -2.08. The predicted molar refractivity (Wildman–Crippen MR) is 51.3 cm³/mol. The summed E-state index contributed by atoms with van der Waals surface area (Å²) in [5, 5.41) is 2.09. The van der Waals surface area contributed by atoms with E-state index in [9.17, 15) is 4.79 Å². The van der Waals surface area contributed by atoms with Gasteiger partial charge in [0.25, 0.3) is 5.19 Å². The second-order valence-electron chi connectivity index (χ2n) is 2.43. The fourth-order valence-corrected chi connectivity index (χ4v) is 1.37. The summed E-state index contributed by atoms with van der Waals surface area (Å²) in [5.74, 6) is -0.437. The molecule has 2 heterocycles. The van der Waals surface area contributed by atoms with Crippen molar-refractivity contribution < 1.29 is 9.53 Å². The molecule has 0 amide bonds. The fraction of sp³-hybridized carbons (Fsp3) is 0. The Bertz CT molecular complexity index is 414. The highest BCUT2D eigenvalue weighted by atomic mass is 32.1. The molecule has 4 nitrogen and oxygen atoms in total. The third-order valence-corrected chi connectivity index (χ3v) is 2.14. The first-order valence-electron chi connectivity index (χ1n) is 3.88. The Balaban J connectivity index is 2.11. The van der Waals surface area contributed by atoms with E-state index >= 15 is 0 Å². The van der Waals surface area contributed by atoms with Crippen LogP contribution in [-0.4, -0.2) is 15.9 Å². The Morgan fingerprint density at radius 2 is 2.36 bits per heavy atom. The zero-order chi connectivity index (χ0) is 9.80. The van der Waals surface area contributed by atoms with E-state index in [4.69, 9.17) is 4.74 Å². The number of pyridine rings is 1. The zero-order valence-electron chi connectivity index (χ0n) is 7.08. The first-order valence-corrected chi connectivity index (χ1v) is 4.76. The lowest BCUT2D eigenvalue weighted by molar-refractivity contribution is 0.0734. The summed E-state index contributed by atoms with van der Waals surface area (Å²) in [5.41, 5.74) is 0.419. The average molecular weight is 206 g/mol. The van der Waals surface area contributed by atoms with Crippen molar-refractivity contribution in [3.63, 3.8) is 0 Å². The minimum Gasteiger partial charge on any atom is -0.394 e. The SMILES string of the molecule is O=C(Oc1nccs1)c1cccnc1. The highest BCUT2D eigenvalue weighted by Gasteiger charge is 2.08. The van der Waals surface area contributed by atoms with E-state index in [1.54, 1.807) is 29.9 Å². The molecule has 0 radical (unpaired) electrons. The lowest BCUT2D eigenvalue weighted by atomic mass is 10.3. The van der Waals surface area contributed by atoms with Crippen LogP contribution >= 0.6 is 11.3 Å². The van der Waals surface area contributed by atoms with E-state index in [1.807, 2.05) is 0 Å². The van der Waals surface area contributed by atoms with Crippen LogP contribution < -0.4 is 4.74 Å². The number of thiazole rings is 1. The standard InChI is InChI=1S/C9H6N2O2S/c12-8(7-2-1-3-10-6-7)13-9-11-4-5-14-9/h1-6H. The molecule has 70 valence electrons. The summed E-state index contributed by atoms with van der Waals surface area (Å²) in [6.45, 7) is 0. The maximum Gasteiger partial charge on any atom is 0.347 e. The number of nitrogens with zero attached hydrogens (tertiary/aromatic N) is 2. The van der Waals surface area contributed by atoms with Crippen LogP contribution in [0.25, 0.3) is 0 Å². The number of hydrogen-bond donors (Lipinski definition) is 0. The van der Waals surface area contributed by atoms with Crippen molar-refractivity contribution >= 4 is 17.3 Å². The summed E-state index contributed by atoms with van der Waals surface area (Å²) in [4.78, 5) is 19.1. The van der Waals surface area contributed by atoms with Crippen LogP contribution in [0.15, 0.2) is 36.1 Å². The summed E-state index contributed by atoms with van der Waals surface area (Å²) < 4.78 is 4.97. The highest BCUT2D eigenvalue weighted by molar-refractivity contribution is 7.11. The third kappa shape index (κ3) is 1.94. The molecule has 0 aliphatic rings. The first kappa shape index (κ1) is 8.83. The number of esters is 1. The molecule has 0 aliphatic carbocycles. The Hall–Kier alpha value is -1.75. The van der Waals surface area contributed by atoms with Gasteiger partial charge in [-0.25, -0.2) is 9.78 Å². The molecule has 2 aromatic heterocycles. The molecule has 14 heavy (non-hydrogen) atoms. The third-order valence-electron chi connectivity index (χ3n) is 1.49. The van der Waals surface area contributed by atoms with E-state index < -0.39 is 5.97 Å². The Morgan fingerprint density at radius 1 is 1.43 bits per heavy atom. The average Bonchev–Trinajstić information content (AvgIpc) is 2.72. The van der Waals surface area contributed by atoms with Gasteiger partial charge in [-0.15, -0.1) is 0 Å². The molecular formula is C9H6N2O2S. The molecular weight excluding hydrogens is 200 g/mol. The van der Waals surface area contributed by atoms with Crippen molar-refractivity contribution in [2.45, 2.75) is 0 Å². The first-order chi connectivity index (χ1) is 6.86. The van der Waals surface area contributed by atoms with Crippen LogP contribution in [0.4, 0.5) is 0 Å². The van der Waals surface area contributed by atoms with Crippen molar-refractivity contribution in [1.29, 1.82) is 0 Å². The molecule has 0 aromatic carbocycles. The normalized spacial score (nSPS) is 9.71. The summed E-state index contributed by atoms with van der Waals surface area (Å²) in [7, 11) is 0. The van der Waals surface area contributed by atoms with Gasteiger partial charge in [0.15, 0.2) is 0 Å². The Labute approximate surface area is 84.2 Å². The quantitative estimate of drug-likeness (QED) is 0.702. The monoisotopic (exact) mass is 206 g/mol. The van der Waals surface area contributed by atoms with Gasteiger partial charge in [0.1, 0.15) is 0 Å². The Morgan fingerprint density at radius 3 is 3.00 bits per heavy atom. The van der Waals surface area contributed by atoms with Crippen molar-refractivity contribution in [2.24, 2.45) is 0 Å². The maximum absolute atomic E-state index is 11.4. The maximum atomic E-state index is 11.4. The number of hydrogen-bond acceptors (Lipinski definition) is 5. The molecule has 0 saturated carbocycles. The summed E-state index contributed by atoms with van der Waals surface area (Å²) in [6, 6.07) is 3.32. The minimum absolute atomic E-state index is 0.346. The zero-order valence-corrected chi connectivity index (χ0v) is 7.90. The van der Waals surface area contributed by atoms with Gasteiger partial charge in [-0.05, 0) is 12.1 Å². The number of carbonyl (C=O) groups excluding carboxylic acids is 1. The topological polar surface area (TPSA) is 52.1 Å². The highest BCUT2D eigenvalue weighted by Crippen LogP contribution is 2.15. The largest absolute Gasteiger partial charge is 0.394 e. The van der Waals surface area contributed by atoms with E-state index in [-0.39, 0.29) is 0 Å². The van der Waals surface area contributed by atoms with Gasteiger partial charge in [-0.2, -0.15) is 0 Å². The van der Waals surface area contributed by atoms with Gasteiger partial charge in [0.05, 0.1) is 5.56 Å². The van der Waals surface area contributed by atoms with Crippen LogP contribution in [0.3, 0.4) is 0 Å². The molecule has 0 fully saturated rings. The van der Waals surface area contributed by atoms with Crippen LogP contribution in [-0.2, 0) is 0 Å². The second kappa shape index (κ2) is 3.97. The smallest absolute Gasteiger partial charge is 0.347 e. The van der Waals surface area contributed by atoms with E-state index in [2.05, 4.69) is 9.97 Å². The van der Waals surface area contributed by atoms with Gasteiger partial charge in [-0.1, -0.05) is 11.3 Å². The van der Waals surface area contributed by atoms with Crippen molar-refractivity contribution in [3.8, 4) is 5.19 Å². The van der Waals surface area contributed by atoms with Gasteiger partial charge < -0.3 is 4.74 Å². The fourth-order valence-electron chi connectivity index (χ4n) is 0.882. The molecule has 0 saturated heterocycles. The molecule has 0 atom stereocenters. The number of aromatic nitrogens is 2. The number of rotatable bonds is 2. The number of ether oxygens (including phenoxy) is 1. The van der Waals surface area contributed by atoms with Crippen LogP contribution in [0.1, 0.15) is 10.4 Å². The molecule has 0 aliphatic heterocycles. The van der Waals surface area contributed by atoms with Gasteiger partial charge in [-0.3, -0.25) is 4.98 Å². The second-order valence-corrected chi connectivity index (χ2v) is 3.29. The van der Waals surface area contributed by atoms with E-state index in [1.165, 1.54) is 17.5 Å². The predicted octanol–water partition coefficient (Wildman–Crippen LogP) is 1.76. The van der Waals surface area contributed by atoms with E-state index in [0.29, 0.717) is 10.8 Å². The molecule has 0 spiro atoms. The van der Waals surface area contributed by atoms with Gasteiger partial charge in [0, 0.05) is 24.0 Å². The van der Waals surface area contributed by atoms with Crippen LogP contribution in [0.5, 0.6) is 5.19 Å². The lowest BCUT2D eigenvalue weighted by Gasteiger charge is -1.98. The number of carbonyl (C=O) groups is 1. The van der Waals surface area contributed by atoms with Gasteiger partial charge in [0.2, 0.25) is 0 Å². The van der Waals surface area contributed by atoms with Crippen molar-refractivity contribution in [3.05, 3.63) is 41.7 Å². The van der Waals surface area contributed by atoms with Crippen molar-refractivity contribution in [1.82, 2.24) is 9.97 Å². The van der Waals surface area contributed by atoms with E-state index in [0.717, 1.165) is 0 Å². The molecule has 0 N–H and O–H groups in total. The summed E-state index contributed by atoms with van der Waals surface area (Å²) >= 11 is 1.27. The molecule has 5 heteroatoms. The Kier molecular flexibility index (Phi) is 2.51. The van der Waals surface area contributed by atoms with Gasteiger partial charge >= 0.3 is 5.97 Å². The minimum atomic E-state index is -0.437. The molecule has 2 rings (SSSR count). The molecule has 0 bridgehead atoms. The summed E-state index contributed by atoms with van der Waals surface area (Å²) in [6.07, 6.45) is 4.63. The van der Waals surface area contributed by atoms with Crippen molar-refractivity contribution in [2.75, 3.05) is 0 Å². The molecule has 2 aromatic rings. The van der Waals surface area contributed by atoms with Crippen LogP contribution in [0.2, 0.25) is 0 Å². The molecule has 0 unspecified atom stereocenters. The van der Waals surface area contributed by atoms with Crippen LogP contribution in [0, 0.1) is 0 Å².